The van der Waals surface area contributed by atoms with Crippen molar-refractivity contribution < 1.29 is 0 Å². The van der Waals surface area contributed by atoms with Crippen molar-refractivity contribution in [2.24, 2.45) is 0 Å². The van der Waals surface area contributed by atoms with Gasteiger partial charge in [0.15, 0.2) is 5.82 Å². The van der Waals surface area contributed by atoms with Crippen LogP contribution >= 0.6 is 0 Å². The monoisotopic (exact) mass is 738 g/mol. The summed E-state index contributed by atoms with van der Waals surface area (Å²) in [4.78, 5) is 10.7. The standard InChI is InChI=1S/C54H34N4/c1-3-16-36(17-4-1)47-34-48(39-28-27-35-15-7-8-18-37(35)31-39)56-54(55-47)46-33-41(32-38-19-9-10-22-42(38)46)57-50-26-14-12-24-45(50)52-51(57)30-29-44-43-23-11-13-25-49(43)58(53(44)52)40-20-5-2-6-21-40/h1-34H. The molecule has 0 fully saturated rings. The molecule has 0 spiro atoms. The topological polar surface area (TPSA) is 35.6 Å². The van der Waals surface area contributed by atoms with Crippen molar-refractivity contribution in [3.8, 4) is 45.3 Å². The summed E-state index contributed by atoms with van der Waals surface area (Å²) >= 11 is 0. The van der Waals surface area contributed by atoms with Gasteiger partial charge in [0.2, 0.25) is 0 Å². The van der Waals surface area contributed by atoms with Gasteiger partial charge < -0.3 is 9.13 Å². The summed E-state index contributed by atoms with van der Waals surface area (Å²) in [5.74, 6) is 0.690. The Morgan fingerprint density at radius 2 is 0.948 bits per heavy atom. The predicted octanol–water partition coefficient (Wildman–Crippen LogP) is 14.0. The molecule has 0 aliphatic heterocycles. The first-order valence-electron chi connectivity index (χ1n) is 19.7. The molecule has 3 aromatic heterocycles. The molecular formula is C54H34N4. The van der Waals surface area contributed by atoms with Crippen LogP contribution in [0.15, 0.2) is 206 Å². The van der Waals surface area contributed by atoms with E-state index in [0.29, 0.717) is 5.82 Å². The highest BCUT2D eigenvalue weighted by Gasteiger charge is 2.22. The van der Waals surface area contributed by atoms with Crippen molar-refractivity contribution >= 4 is 65.2 Å². The molecule has 0 saturated carbocycles. The van der Waals surface area contributed by atoms with Gasteiger partial charge in [0.05, 0.1) is 33.5 Å². The van der Waals surface area contributed by atoms with Crippen molar-refractivity contribution in [3.63, 3.8) is 0 Å². The van der Waals surface area contributed by atoms with Crippen LogP contribution in [0.4, 0.5) is 0 Å². The molecule has 3 heterocycles. The van der Waals surface area contributed by atoms with E-state index in [-0.39, 0.29) is 0 Å². The maximum atomic E-state index is 5.39. The predicted molar refractivity (Wildman–Crippen MR) is 242 cm³/mol. The molecule has 9 aromatic carbocycles. The van der Waals surface area contributed by atoms with Crippen molar-refractivity contribution in [2.45, 2.75) is 0 Å². The van der Waals surface area contributed by atoms with Crippen LogP contribution in [0.1, 0.15) is 0 Å². The Kier molecular flexibility index (Phi) is 7.20. The Hall–Kier alpha value is -7.82. The van der Waals surface area contributed by atoms with Gasteiger partial charge in [0.25, 0.3) is 0 Å². The molecular weight excluding hydrogens is 705 g/mol. The van der Waals surface area contributed by atoms with E-state index in [1.165, 1.54) is 43.4 Å². The summed E-state index contributed by atoms with van der Waals surface area (Å²) in [6, 6.07) is 73.8. The Balaban J connectivity index is 1.15. The Labute approximate surface area is 334 Å². The summed E-state index contributed by atoms with van der Waals surface area (Å²) in [7, 11) is 0. The fourth-order valence-electron chi connectivity index (χ4n) is 9.06. The smallest absolute Gasteiger partial charge is 0.161 e. The molecule has 4 nitrogen and oxygen atoms in total. The van der Waals surface area contributed by atoms with Crippen molar-refractivity contribution in [3.05, 3.63) is 206 Å². The van der Waals surface area contributed by atoms with Gasteiger partial charge in [-0.05, 0) is 76.1 Å². The maximum Gasteiger partial charge on any atom is 0.161 e. The molecule has 0 atom stereocenters. The highest BCUT2D eigenvalue weighted by molar-refractivity contribution is 6.26. The quantitative estimate of drug-likeness (QED) is 0.176. The minimum atomic E-state index is 0.690. The fraction of sp³-hybridized carbons (Fsp3) is 0. The van der Waals surface area contributed by atoms with Crippen molar-refractivity contribution in [1.29, 1.82) is 0 Å². The van der Waals surface area contributed by atoms with Crippen molar-refractivity contribution in [1.82, 2.24) is 19.1 Å². The SMILES string of the molecule is c1ccc(-c2cc(-c3ccc4ccccc4c3)nc(-c3cc(-n4c5ccccc5c5c4ccc4c6ccccc6n(-c6ccccc6)c45)cc4ccccc34)n2)cc1. The van der Waals surface area contributed by atoms with Crippen LogP contribution in [0.5, 0.6) is 0 Å². The average Bonchev–Trinajstić information content (AvgIpc) is 3.82. The van der Waals surface area contributed by atoms with E-state index in [2.05, 4.69) is 209 Å². The third kappa shape index (κ3) is 5.02. The molecule has 0 radical (unpaired) electrons. The summed E-state index contributed by atoms with van der Waals surface area (Å²) in [5.41, 5.74) is 11.8. The molecule has 0 bridgehead atoms. The normalized spacial score (nSPS) is 11.8. The van der Waals surface area contributed by atoms with Crippen LogP contribution in [0, 0.1) is 0 Å². The van der Waals surface area contributed by atoms with Crippen LogP contribution in [0.25, 0.3) is 110 Å². The first-order valence-corrected chi connectivity index (χ1v) is 19.7. The van der Waals surface area contributed by atoms with E-state index in [0.717, 1.165) is 61.3 Å². The molecule has 12 rings (SSSR count). The molecule has 0 amide bonds. The van der Waals surface area contributed by atoms with Crippen LogP contribution in [0.3, 0.4) is 0 Å². The molecule has 270 valence electrons. The zero-order chi connectivity index (χ0) is 38.2. The average molecular weight is 739 g/mol. The highest BCUT2D eigenvalue weighted by Crippen LogP contribution is 2.43. The number of hydrogen-bond acceptors (Lipinski definition) is 2. The van der Waals surface area contributed by atoms with Gasteiger partial charge in [-0.1, -0.05) is 152 Å². The fourth-order valence-corrected chi connectivity index (χ4v) is 9.06. The molecule has 0 unspecified atom stereocenters. The molecule has 0 saturated heterocycles. The first kappa shape index (κ1) is 32.4. The van der Waals surface area contributed by atoms with E-state index >= 15 is 0 Å². The highest BCUT2D eigenvalue weighted by atomic mass is 15.0. The molecule has 0 aliphatic carbocycles. The number of fused-ring (bicyclic) bond motifs is 9. The van der Waals surface area contributed by atoms with Crippen LogP contribution in [-0.4, -0.2) is 19.1 Å². The summed E-state index contributed by atoms with van der Waals surface area (Å²) in [6.07, 6.45) is 0. The molecule has 4 heteroatoms. The maximum absolute atomic E-state index is 5.39. The number of rotatable bonds is 5. The van der Waals surface area contributed by atoms with Gasteiger partial charge in [0, 0.05) is 49.6 Å². The van der Waals surface area contributed by atoms with Gasteiger partial charge in [-0.2, -0.15) is 0 Å². The Bertz CT molecular complexity index is 3560. The molecule has 0 aliphatic rings. The van der Waals surface area contributed by atoms with Crippen LogP contribution in [-0.2, 0) is 0 Å². The van der Waals surface area contributed by atoms with E-state index < -0.39 is 0 Å². The number of benzene rings is 9. The van der Waals surface area contributed by atoms with Gasteiger partial charge in [-0.25, -0.2) is 9.97 Å². The van der Waals surface area contributed by atoms with E-state index in [1.54, 1.807) is 0 Å². The summed E-state index contributed by atoms with van der Waals surface area (Å²) < 4.78 is 4.87. The molecule has 58 heavy (non-hydrogen) atoms. The third-order valence-electron chi connectivity index (χ3n) is 11.7. The minimum absolute atomic E-state index is 0.690. The van der Waals surface area contributed by atoms with Crippen LogP contribution in [0.2, 0.25) is 0 Å². The lowest BCUT2D eigenvalue weighted by molar-refractivity contribution is 1.16. The zero-order valence-electron chi connectivity index (χ0n) is 31.4. The van der Waals surface area contributed by atoms with E-state index in [4.69, 9.17) is 9.97 Å². The number of para-hydroxylation sites is 3. The lowest BCUT2D eigenvalue weighted by Gasteiger charge is -2.15. The van der Waals surface area contributed by atoms with Gasteiger partial charge >= 0.3 is 0 Å². The lowest BCUT2D eigenvalue weighted by atomic mass is 10.0. The number of hydrogen-bond donors (Lipinski definition) is 0. The van der Waals surface area contributed by atoms with Gasteiger partial charge in [0.1, 0.15) is 0 Å². The zero-order valence-corrected chi connectivity index (χ0v) is 31.4. The lowest BCUT2D eigenvalue weighted by Crippen LogP contribution is -1.99. The summed E-state index contributed by atoms with van der Waals surface area (Å²) in [5, 5.41) is 9.53. The number of aromatic nitrogens is 4. The molecule has 0 N–H and O–H groups in total. The second-order valence-electron chi connectivity index (χ2n) is 15.0. The second-order valence-corrected chi connectivity index (χ2v) is 15.0. The van der Waals surface area contributed by atoms with E-state index in [1.807, 2.05) is 6.07 Å². The van der Waals surface area contributed by atoms with Gasteiger partial charge in [-0.15, -0.1) is 0 Å². The minimum Gasteiger partial charge on any atom is -0.309 e. The third-order valence-corrected chi connectivity index (χ3v) is 11.7. The summed E-state index contributed by atoms with van der Waals surface area (Å²) in [6.45, 7) is 0. The molecule has 12 aromatic rings. The Morgan fingerprint density at radius 1 is 0.328 bits per heavy atom. The van der Waals surface area contributed by atoms with Crippen LogP contribution < -0.4 is 0 Å². The number of nitrogens with zero attached hydrogens (tertiary/aromatic N) is 4. The largest absolute Gasteiger partial charge is 0.309 e. The van der Waals surface area contributed by atoms with Gasteiger partial charge in [-0.3, -0.25) is 0 Å². The van der Waals surface area contributed by atoms with Crippen molar-refractivity contribution in [2.75, 3.05) is 0 Å². The second kappa shape index (κ2) is 12.9. The first-order chi connectivity index (χ1) is 28.8. The van der Waals surface area contributed by atoms with E-state index in [9.17, 15) is 0 Å². The Morgan fingerprint density at radius 3 is 1.74 bits per heavy atom.